The van der Waals surface area contributed by atoms with Gasteiger partial charge in [-0.2, -0.15) is 0 Å². The van der Waals surface area contributed by atoms with Crippen LogP contribution in [0, 0.1) is 5.41 Å². The molecular weight excluding hydrogens is 270 g/mol. The molecule has 2 heterocycles. The van der Waals surface area contributed by atoms with Gasteiger partial charge in [0, 0.05) is 33.3 Å². The summed E-state index contributed by atoms with van der Waals surface area (Å²) in [5, 5.41) is 3.33. The highest BCUT2D eigenvalue weighted by Gasteiger charge is 2.41. The maximum atomic E-state index is 12.9. The molecule has 0 aromatic rings. The number of nitrogens with one attached hydrogen (secondary N) is 1. The van der Waals surface area contributed by atoms with Crippen LogP contribution in [0.5, 0.6) is 0 Å². The summed E-state index contributed by atoms with van der Waals surface area (Å²) in [5.74, 6) is 0.294. The van der Waals surface area contributed by atoms with Gasteiger partial charge in [0.1, 0.15) is 6.61 Å². The van der Waals surface area contributed by atoms with E-state index in [4.69, 9.17) is 4.74 Å². The van der Waals surface area contributed by atoms with Crippen LogP contribution in [0.25, 0.3) is 0 Å². The molecule has 0 aromatic heterocycles. The number of hydrogen-bond acceptors (Lipinski definition) is 4. The summed E-state index contributed by atoms with van der Waals surface area (Å²) < 4.78 is 4.88. The molecule has 21 heavy (non-hydrogen) atoms. The number of piperidine rings is 1. The van der Waals surface area contributed by atoms with Crippen molar-refractivity contribution in [3.63, 3.8) is 0 Å². The zero-order chi connectivity index (χ0) is 15.3. The zero-order valence-electron chi connectivity index (χ0n) is 13.2. The summed E-state index contributed by atoms with van der Waals surface area (Å²) in [6.07, 6.45) is 2.74. The molecule has 0 spiro atoms. The van der Waals surface area contributed by atoms with Crippen molar-refractivity contribution in [1.82, 2.24) is 15.1 Å². The van der Waals surface area contributed by atoms with Gasteiger partial charge in [0.2, 0.25) is 11.8 Å². The second kappa shape index (κ2) is 7.22. The first-order chi connectivity index (χ1) is 10.1. The Labute approximate surface area is 126 Å². The number of nitrogens with zero attached hydrogens (tertiary/aromatic N) is 2. The predicted octanol–water partition coefficient (Wildman–Crippen LogP) is 0.0834. The molecule has 120 valence electrons. The molecule has 0 saturated carbocycles. The first kappa shape index (κ1) is 16.2. The summed E-state index contributed by atoms with van der Waals surface area (Å²) in [7, 11) is 1.53. The molecule has 0 aliphatic carbocycles. The maximum absolute atomic E-state index is 12.9. The Balaban J connectivity index is 1.91. The number of carbonyl (C=O) groups excluding carboxylic acids is 2. The number of hydrogen-bond donors (Lipinski definition) is 1. The first-order valence-electron chi connectivity index (χ1n) is 7.90. The molecule has 6 heteroatoms. The van der Waals surface area contributed by atoms with Crippen LogP contribution in [0.2, 0.25) is 0 Å². The lowest BCUT2D eigenvalue weighted by atomic mass is 9.75. The minimum atomic E-state index is -0.191. The smallest absolute Gasteiger partial charge is 0.248 e. The van der Waals surface area contributed by atoms with Crippen LogP contribution in [-0.2, 0) is 14.3 Å². The van der Waals surface area contributed by atoms with Crippen molar-refractivity contribution < 1.29 is 14.3 Å². The van der Waals surface area contributed by atoms with E-state index in [0.29, 0.717) is 26.2 Å². The van der Waals surface area contributed by atoms with Crippen molar-refractivity contribution in [1.29, 1.82) is 0 Å². The van der Waals surface area contributed by atoms with Crippen LogP contribution in [0.3, 0.4) is 0 Å². The van der Waals surface area contributed by atoms with E-state index in [-0.39, 0.29) is 23.8 Å². The molecule has 0 bridgehead atoms. The third-order valence-corrected chi connectivity index (χ3v) is 4.88. The number of rotatable bonds is 4. The molecule has 2 saturated heterocycles. The Morgan fingerprint density at radius 2 is 1.67 bits per heavy atom. The van der Waals surface area contributed by atoms with E-state index in [0.717, 1.165) is 32.4 Å². The van der Waals surface area contributed by atoms with E-state index in [1.54, 1.807) is 4.90 Å². The van der Waals surface area contributed by atoms with Crippen molar-refractivity contribution >= 4 is 11.8 Å². The normalized spacial score (nSPS) is 22.2. The van der Waals surface area contributed by atoms with Crippen LogP contribution < -0.4 is 5.32 Å². The summed E-state index contributed by atoms with van der Waals surface area (Å²) >= 11 is 0. The first-order valence-corrected chi connectivity index (χ1v) is 7.90. The largest absolute Gasteiger partial charge is 0.375 e. The van der Waals surface area contributed by atoms with Crippen molar-refractivity contribution in [3.05, 3.63) is 0 Å². The molecule has 2 fully saturated rings. The van der Waals surface area contributed by atoms with Crippen LogP contribution in [0.4, 0.5) is 0 Å². The summed E-state index contributed by atoms with van der Waals surface area (Å²) in [4.78, 5) is 28.4. The highest BCUT2D eigenvalue weighted by atomic mass is 16.5. The lowest BCUT2D eigenvalue weighted by Gasteiger charge is -2.42. The standard InChI is InChI=1S/C15H27N3O3/c1-3-15(4-6-16-7-5-15)14(20)18-10-8-17(9-11-18)13(19)12-21-2/h16H,3-12H2,1-2H3. The molecular formula is C15H27N3O3. The number of amides is 2. The minimum absolute atomic E-state index is 0.0108. The molecule has 0 unspecified atom stereocenters. The summed E-state index contributed by atoms with van der Waals surface area (Å²) in [5.41, 5.74) is -0.191. The fraction of sp³-hybridized carbons (Fsp3) is 0.867. The van der Waals surface area contributed by atoms with Gasteiger partial charge in [-0.3, -0.25) is 9.59 Å². The fourth-order valence-electron chi connectivity index (χ4n) is 3.33. The third-order valence-electron chi connectivity index (χ3n) is 4.88. The predicted molar refractivity (Wildman–Crippen MR) is 79.9 cm³/mol. The average Bonchev–Trinajstić information content (AvgIpc) is 2.55. The Morgan fingerprint density at radius 3 is 2.19 bits per heavy atom. The maximum Gasteiger partial charge on any atom is 0.248 e. The van der Waals surface area contributed by atoms with E-state index in [9.17, 15) is 9.59 Å². The van der Waals surface area contributed by atoms with Gasteiger partial charge in [-0.15, -0.1) is 0 Å². The molecule has 0 radical (unpaired) electrons. The van der Waals surface area contributed by atoms with Crippen molar-refractivity contribution in [2.24, 2.45) is 5.41 Å². The van der Waals surface area contributed by atoms with Crippen molar-refractivity contribution in [2.45, 2.75) is 26.2 Å². The van der Waals surface area contributed by atoms with E-state index >= 15 is 0 Å². The van der Waals surface area contributed by atoms with Crippen LogP contribution in [-0.4, -0.2) is 74.6 Å². The number of ether oxygens (including phenoxy) is 1. The van der Waals surface area contributed by atoms with Gasteiger partial charge in [-0.05, 0) is 32.4 Å². The molecule has 2 aliphatic heterocycles. The van der Waals surface area contributed by atoms with Gasteiger partial charge >= 0.3 is 0 Å². The second-order valence-electron chi connectivity index (χ2n) is 5.99. The zero-order valence-corrected chi connectivity index (χ0v) is 13.2. The highest BCUT2D eigenvalue weighted by molar-refractivity contribution is 5.83. The minimum Gasteiger partial charge on any atom is -0.375 e. The molecule has 2 amide bonds. The van der Waals surface area contributed by atoms with E-state index < -0.39 is 0 Å². The van der Waals surface area contributed by atoms with Gasteiger partial charge < -0.3 is 19.9 Å². The Morgan fingerprint density at radius 1 is 1.10 bits per heavy atom. The lowest BCUT2D eigenvalue weighted by Crippen LogP contribution is -2.56. The lowest BCUT2D eigenvalue weighted by molar-refractivity contribution is -0.149. The molecule has 1 N–H and O–H groups in total. The van der Waals surface area contributed by atoms with Crippen molar-refractivity contribution in [2.75, 3.05) is 53.0 Å². The SMILES string of the molecule is CCC1(C(=O)N2CCN(C(=O)COC)CC2)CCNCC1. The molecule has 0 atom stereocenters. The number of methoxy groups -OCH3 is 1. The topological polar surface area (TPSA) is 61.9 Å². The Hall–Kier alpha value is -1.14. The monoisotopic (exact) mass is 297 g/mol. The quantitative estimate of drug-likeness (QED) is 0.798. The van der Waals surface area contributed by atoms with Gasteiger partial charge in [0.05, 0.1) is 5.41 Å². The average molecular weight is 297 g/mol. The molecule has 6 nitrogen and oxygen atoms in total. The Kier molecular flexibility index (Phi) is 5.58. The Bertz CT molecular complexity index is 372. The van der Waals surface area contributed by atoms with E-state index in [2.05, 4.69) is 12.2 Å². The van der Waals surface area contributed by atoms with Gasteiger partial charge in [-0.1, -0.05) is 6.92 Å². The van der Waals surface area contributed by atoms with E-state index in [1.165, 1.54) is 7.11 Å². The molecule has 0 aromatic carbocycles. The van der Waals surface area contributed by atoms with Crippen LogP contribution >= 0.6 is 0 Å². The van der Waals surface area contributed by atoms with Gasteiger partial charge in [0.15, 0.2) is 0 Å². The number of carbonyl (C=O) groups is 2. The second-order valence-corrected chi connectivity index (χ2v) is 5.99. The van der Waals surface area contributed by atoms with Crippen LogP contribution in [0.15, 0.2) is 0 Å². The van der Waals surface area contributed by atoms with Gasteiger partial charge in [-0.25, -0.2) is 0 Å². The summed E-state index contributed by atoms with van der Waals surface area (Å²) in [6.45, 7) is 6.60. The third kappa shape index (κ3) is 3.55. The van der Waals surface area contributed by atoms with Crippen LogP contribution in [0.1, 0.15) is 26.2 Å². The van der Waals surface area contributed by atoms with Gasteiger partial charge in [0.25, 0.3) is 0 Å². The van der Waals surface area contributed by atoms with E-state index in [1.807, 2.05) is 4.90 Å². The highest BCUT2D eigenvalue weighted by Crippen LogP contribution is 2.34. The fourth-order valence-corrected chi connectivity index (χ4v) is 3.33. The summed E-state index contributed by atoms with van der Waals surface area (Å²) in [6, 6.07) is 0. The van der Waals surface area contributed by atoms with Crippen molar-refractivity contribution in [3.8, 4) is 0 Å². The molecule has 2 aliphatic rings. The number of piperazine rings is 1. The molecule has 2 rings (SSSR count).